The fourth-order valence-corrected chi connectivity index (χ4v) is 2.27. The predicted octanol–water partition coefficient (Wildman–Crippen LogP) is 1.89. The molecular formula is C10H7BBrIO2. The van der Waals surface area contributed by atoms with E-state index in [4.69, 9.17) is 10.0 Å². The van der Waals surface area contributed by atoms with Crippen molar-refractivity contribution in [2.24, 2.45) is 0 Å². The fourth-order valence-electron chi connectivity index (χ4n) is 1.42. The number of rotatable bonds is 1. The highest BCUT2D eigenvalue weighted by Gasteiger charge is 2.11. The van der Waals surface area contributed by atoms with Crippen LogP contribution < -0.4 is 5.46 Å². The van der Waals surface area contributed by atoms with E-state index in [1.165, 1.54) is 0 Å². The van der Waals surface area contributed by atoms with E-state index in [1.54, 1.807) is 12.1 Å². The van der Waals surface area contributed by atoms with E-state index in [-0.39, 0.29) is 0 Å². The minimum atomic E-state index is -1.41. The first kappa shape index (κ1) is 11.4. The van der Waals surface area contributed by atoms with Gasteiger partial charge in [0.25, 0.3) is 0 Å². The lowest BCUT2D eigenvalue weighted by atomic mass is 9.79. The highest BCUT2D eigenvalue weighted by atomic mass is 127. The van der Waals surface area contributed by atoms with Gasteiger partial charge in [-0.1, -0.05) is 18.2 Å². The van der Waals surface area contributed by atoms with Gasteiger partial charge in [0.1, 0.15) is 0 Å². The van der Waals surface area contributed by atoms with Gasteiger partial charge >= 0.3 is 7.12 Å². The number of fused-ring (bicyclic) bond motifs is 1. The Morgan fingerprint density at radius 3 is 2.47 bits per heavy atom. The van der Waals surface area contributed by atoms with Crippen LogP contribution in [0, 0.1) is 3.57 Å². The number of hydrogen-bond acceptors (Lipinski definition) is 2. The quantitative estimate of drug-likeness (QED) is 0.589. The molecule has 0 atom stereocenters. The van der Waals surface area contributed by atoms with Crippen LogP contribution in [0.4, 0.5) is 0 Å². The molecule has 0 saturated carbocycles. The largest absolute Gasteiger partial charge is 0.488 e. The zero-order valence-electron chi connectivity index (χ0n) is 7.61. The van der Waals surface area contributed by atoms with E-state index in [9.17, 15) is 0 Å². The standard InChI is InChI=1S/C10H7BBrIO2/c12-9-4-6-1-2-8(11(14)15)3-7(6)5-10(9)13/h1-5,14-15H. The van der Waals surface area contributed by atoms with Gasteiger partial charge in [-0.3, -0.25) is 0 Å². The van der Waals surface area contributed by atoms with Crippen LogP contribution in [-0.2, 0) is 0 Å². The molecule has 0 spiro atoms. The Bertz CT molecular complexity index is 516. The van der Waals surface area contributed by atoms with Crippen LogP contribution in [0.3, 0.4) is 0 Å². The van der Waals surface area contributed by atoms with E-state index in [0.29, 0.717) is 5.46 Å². The molecular weight excluding hydrogens is 370 g/mol. The summed E-state index contributed by atoms with van der Waals surface area (Å²) in [5, 5.41) is 20.2. The normalized spacial score (nSPS) is 10.7. The Hall–Kier alpha value is -0.105. The van der Waals surface area contributed by atoms with Gasteiger partial charge in [0.2, 0.25) is 0 Å². The molecule has 0 aliphatic carbocycles. The molecule has 2 N–H and O–H groups in total. The molecule has 0 radical (unpaired) electrons. The molecule has 2 nitrogen and oxygen atoms in total. The molecule has 0 aliphatic rings. The Kier molecular flexibility index (Phi) is 3.34. The summed E-state index contributed by atoms with van der Waals surface area (Å²) in [4.78, 5) is 0. The van der Waals surface area contributed by atoms with Crippen LogP contribution >= 0.6 is 38.5 Å². The lowest BCUT2D eigenvalue weighted by molar-refractivity contribution is 0.426. The second kappa shape index (κ2) is 4.41. The molecule has 0 amide bonds. The van der Waals surface area contributed by atoms with Crippen LogP contribution in [0.25, 0.3) is 10.8 Å². The Balaban J connectivity index is 2.66. The molecule has 5 heteroatoms. The highest BCUT2D eigenvalue weighted by Crippen LogP contribution is 2.25. The Morgan fingerprint density at radius 1 is 1.07 bits per heavy atom. The van der Waals surface area contributed by atoms with Crippen molar-refractivity contribution in [2.45, 2.75) is 0 Å². The highest BCUT2D eigenvalue weighted by molar-refractivity contribution is 14.1. The summed E-state index contributed by atoms with van der Waals surface area (Å²) in [7, 11) is -1.41. The van der Waals surface area contributed by atoms with Crippen molar-refractivity contribution < 1.29 is 10.0 Å². The summed E-state index contributed by atoms with van der Waals surface area (Å²) in [6.07, 6.45) is 0. The minimum Gasteiger partial charge on any atom is -0.423 e. The number of halogens is 2. The summed E-state index contributed by atoms with van der Waals surface area (Å²) in [5.74, 6) is 0. The van der Waals surface area contributed by atoms with E-state index in [1.807, 2.05) is 18.2 Å². The monoisotopic (exact) mass is 376 g/mol. The van der Waals surface area contributed by atoms with E-state index in [2.05, 4.69) is 38.5 Å². The van der Waals surface area contributed by atoms with Crippen molar-refractivity contribution in [1.82, 2.24) is 0 Å². The Labute approximate surface area is 110 Å². The van der Waals surface area contributed by atoms with Crippen LogP contribution in [0.15, 0.2) is 34.8 Å². The van der Waals surface area contributed by atoms with Crippen molar-refractivity contribution in [3.8, 4) is 0 Å². The third-order valence-electron chi connectivity index (χ3n) is 2.20. The third-order valence-corrected chi connectivity index (χ3v) is 4.49. The molecule has 2 aromatic rings. The molecule has 0 saturated heterocycles. The maximum Gasteiger partial charge on any atom is 0.488 e. The maximum absolute atomic E-state index is 9.05. The van der Waals surface area contributed by atoms with Crippen LogP contribution in [-0.4, -0.2) is 17.2 Å². The molecule has 0 aromatic heterocycles. The van der Waals surface area contributed by atoms with Gasteiger partial charge in [0.15, 0.2) is 0 Å². The molecule has 15 heavy (non-hydrogen) atoms. The summed E-state index contributed by atoms with van der Waals surface area (Å²) < 4.78 is 2.15. The molecule has 2 rings (SSSR count). The molecule has 2 aromatic carbocycles. The van der Waals surface area contributed by atoms with Gasteiger partial charge in [-0.2, -0.15) is 0 Å². The molecule has 76 valence electrons. The van der Waals surface area contributed by atoms with Gasteiger partial charge in [-0.05, 0) is 66.9 Å². The first-order valence-electron chi connectivity index (χ1n) is 4.33. The zero-order chi connectivity index (χ0) is 11.0. The van der Waals surface area contributed by atoms with Crippen LogP contribution in [0.5, 0.6) is 0 Å². The van der Waals surface area contributed by atoms with Gasteiger partial charge in [0.05, 0.1) is 0 Å². The second-order valence-corrected chi connectivity index (χ2v) is 5.26. The summed E-state index contributed by atoms with van der Waals surface area (Å²) in [5.41, 5.74) is 0.514. The number of benzene rings is 2. The minimum absolute atomic E-state index is 0.514. The SMILES string of the molecule is OB(O)c1ccc2cc(Br)c(I)cc2c1. The van der Waals surface area contributed by atoms with Gasteiger partial charge in [0, 0.05) is 8.04 Å². The van der Waals surface area contributed by atoms with E-state index in [0.717, 1.165) is 18.8 Å². The number of hydrogen-bond donors (Lipinski definition) is 2. The van der Waals surface area contributed by atoms with Crippen molar-refractivity contribution in [3.05, 3.63) is 38.4 Å². The lowest BCUT2D eigenvalue weighted by Crippen LogP contribution is -2.29. The molecule has 0 unspecified atom stereocenters. The maximum atomic E-state index is 9.05. The zero-order valence-corrected chi connectivity index (χ0v) is 11.4. The topological polar surface area (TPSA) is 40.5 Å². The van der Waals surface area contributed by atoms with Crippen molar-refractivity contribution in [2.75, 3.05) is 0 Å². The van der Waals surface area contributed by atoms with Crippen LogP contribution in [0.2, 0.25) is 0 Å². The van der Waals surface area contributed by atoms with Crippen LogP contribution in [0.1, 0.15) is 0 Å². The summed E-state index contributed by atoms with van der Waals surface area (Å²) >= 11 is 5.69. The summed E-state index contributed by atoms with van der Waals surface area (Å²) in [6.45, 7) is 0. The Morgan fingerprint density at radius 2 is 1.80 bits per heavy atom. The predicted molar refractivity (Wildman–Crippen MR) is 74.2 cm³/mol. The van der Waals surface area contributed by atoms with E-state index >= 15 is 0 Å². The molecule has 0 bridgehead atoms. The van der Waals surface area contributed by atoms with Gasteiger partial charge in [-0.25, -0.2) is 0 Å². The average molecular weight is 377 g/mol. The summed E-state index contributed by atoms with van der Waals surface area (Å²) in [6, 6.07) is 9.41. The van der Waals surface area contributed by atoms with E-state index < -0.39 is 7.12 Å². The lowest BCUT2D eigenvalue weighted by Gasteiger charge is -2.04. The molecule has 0 heterocycles. The molecule has 0 aliphatic heterocycles. The first-order chi connectivity index (χ1) is 7.08. The second-order valence-electron chi connectivity index (χ2n) is 3.25. The van der Waals surface area contributed by atoms with Gasteiger partial charge < -0.3 is 10.0 Å². The smallest absolute Gasteiger partial charge is 0.423 e. The molecule has 0 fully saturated rings. The van der Waals surface area contributed by atoms with Crippen molar-refractivity contribution in [3.63, 3.8) is 0 Å². The fraction of sp³-hybridized carbons (Fsp3) is 0. The first-order valence-corrected chi connectivity index (χ1v) is 6.20. The van der Waals surface area contributed by atoms with Gasteiger partial charge in [-0.15, -0.1) is 0 Å². The average Bonchev–Trinajstić information content (AvgIpc) is 2.19. The van der Waals surface area contributed by atoms with Crippen molar-refractivity contribution in [1.29, 1.82) is 0 Å². The van der Waals surface area contributed by atoms with Crippen molar-refractivity contribution >= 4 is 61.9 Å². The third kappa shape index (κ3) is 2.35.